The molecule has 4 rings (SSSR count). The van der Waals surface area contributed by atoms with Gasteiger partial charge in [-0.25, -0.2) is 9.37 Å². The number of carbonyl (C=O) groups excluding carboxylic acids is 2. The van der Waals surface area contributed by atoms with Crippen LogP contribution in [0.3, 0.4) is 0 Å². The molecular formula is C23H19Cl2FN4O2. The maximum absolute atomic E-state index is 13.8. The van der Waals surface area contributed by atoms with E-state index in [1.807, 2.05) is 0 Å². The van der Waals surface area contributed by atoms with E-state index in [4.69, 9.17) is 23.2 Å². The molecule has 1 fully saturated rings. The van der Waals surface area contributed by atoms with Crippen LogP contribution in [0.15, 0.2) is 60.8 Å². The Hall–Kier alpha value is -3.16. The molecule has 1 N–H and O–H groups in total. The molecule has 6 nitrogen and oxygen atoms in total. The van der Waals surface area contributed by atoms with Crippen molar-refractivity contribution in [2.24, 2.45) is 0 Å². The lowest BCUT2D eigenvalue weighted by Gasteiger charge is -2.35. The third-order valence-electron chi connectivity index (χ3n) is 5.18. The summed E-state index contributed by atoms with van der Waals surface area (Å²) in [6.07, 6.45) is 1.53. The zero-order valence-electron chi connectivity index (χ0n) is 16.9. The maximum atomic E-state index is 13.8. The van der Waals surface area contributed by atoms with Gasteiger partial charge in [0.15, 0.2) is 0 Å². The van der Waals surface area contributed by atoms with E-state index in [-0.39, 0.29) is 11.5 Å². The number of amides is 2. The molecule has 1 aliphatic rings. The number of benzene rings is 2. The third-order valence-corrected chi connectivity index (χ3v) is 5.72. The van der Waals surface area contributed by atoms with Gasteiger partial charge in [0, 0.05) is 31.2 Å². The van der Waals surface area contributed by atoms with Gasteiger partial charge in [0.25, 0.3) is 11.8 Å². The minimum Gasteiger partial charge on any atom is -0.353 e. The second-order valence-electron chi connectivity index (χ2n) is 7.24. The van der Waals surface area contributed by atoms with E-state index in [2.05, 4.69) is 15.2 Å². The molecule has 1 saturated heterocycles. The summed E-state index contributed by atoms with van der Waals surface area (Å²) in [4.78, 5) is 33.2. The highest BCUT2D eigenvalue weighted by Gasteiger charge is 2.24. The molecule has 0 bridgehead atoms. The van der Waals surface area contributed by atoms with Crippen molar-refractivity contribution in [1.82, 2.24) is 9.88 Å². The number of rotatable bonds is 4. The lowest BCUT2D eigenvalue weighted by Crippen LogP contribution is -2.49. The van der Waals surface area contributed by atoms with Gasteiger partial charge in [-0.1, -0.05) is 35.3 Å². The summed E-state index contributed by atoms with van der Waals surface area (Å²) < 4.78 is 13.8. The fourth-order valence-corrected chi connectivity index (χ4v) is 3.95. The van der Waals surface area contributed by atoms with Crippen LogP contribution >= 0.6 is 23.2 Å². The van der Waals surface area contributed by atoms with Gasteiger partial charge >= 0.3 is 0 Å². The summed E-state index contributed by atoms with van der Waals surface area (Å²) in [5, 5.41) is 3.46. The Kier molecular flexibility index (Phi) is 6.58. The highest BCUT2D eigenvalue weighted by Crippen LogP contribution is 2.24. The minimum atomic E-state index is -0.582. The van der Waals surface area contributed by atoms with E-state index in [0.29, 0.717) is 47.5 Å². The van der Waals surface area contributed by atoms with Crippen LogP contribution < -0.4 is 10.2 Å². The summed E-state index contributed by atoms with van der Waals surface area (Å²) in [5.41, 5.74) is 0.865. The van der Waals surface area contributed by atoms with Crippen LogP contribution in [0.25, 0.3) is 0 Å². The summed E-state index contributed by atoms with van der Waals surface area (Å²) in [5.74, 6) is -0.525. The van der Waals surface area contributed by atoms with Gasteiger partial charge in [0.05, 0.1) is 28.0 Å². The molecule has 1 aliphatic heterocycles. The van der Waals surface area contributed by atoms with E-state index in [1.165, 1.54) is 24.4 Å². The number of aromatic nitrogens is 1. The van der Waals surface area contributed by atoms with Gasteiger partial charge in [0.2, 0.25) is 0 Å². The Morgan fingerprint density at radius 2 is 1.69 bits per heavy atom. The van der Waals surface area contributed by atoms with Crippen molar-refractivity contribution < 1.29 is 14.0 Å². The molecule has 0 saturated carbocycles. The number of pyridine rings is 1. The van der Waals surface area contributed by atoms with Crippen molar-refractivity contribution in [3.8, 4) is 0 Å². The van der Waals surface area contributed by atoms with Gasteiger partial charge in [-0.15, -0.1) is 0 Å². The number of piperazine rings is 1. The van der Waals surface area contributed by atoms with Crippen LogP contribution in [0.1, 0.15) is 20.7 Å². The van der Waals surface area contributed by atoms with Crippen molar-refractivity contribution in [3.05, 3.63) is 87.8 Å². The number of hydrogen-bond acceptors (Lipinski definition) is 4. The molecule has 1 aromatic heterocycles. The third kappa shape index (κ3) is 4.84. The van der Waals surface area contributed by atoms with Crippen molar-refractivity contribution in [2.45, 2.75) is 0 Å². The minimum absolute atomic E-state index is 0.0295. The summed E-state index contributed by atoms with van der Waals surface area (Å²) in [6, 6.07) is 14.1. The smallest absolute Gasteiger partial charge is 0.258 e. The SMILES string of the molecule is O=C(Nc1ccc(N2CCN(C(=O)c3ccc(Cl)cc3Cl)CC2)nc1)c1ccccc1F. The molecule has 164 valence electrons. The number of anilines is 2. The molecule has 0 unspecified atom stereocenters. The van der Waals surface area contributed by atoms with Gasteiger partial charge in [-0.05, 0) is 42.5 Å². The first-order valence-electron chi connectivity index (χ1n) is 9.93. The van der Waals surface area contributed by atoms with Gasteiger partial charge in [0.1, 0.15) is 11.6 Å². The normalized spacial score (nSPS) is 13.7. The van der Waals surface area contributed by atoms with Crippen LogP contribution in [0, 0.1) is 5.82 Å². The monoisotopic (exact) mass is 472 g/mol. The summed E-state index contributed by atoms with van der Waals surface area (Å²) in [7, 11) is 0. The average molecular weight is 473 g/mol. The molecule has 2 amide bonds. The lowest BCUT2D eigenvalue weighted by molar-refractivity contribution is 0.0746. The Morgan fingerprint density at radius 1 is 0.938 bits per heavy atom. The number of carbonyl (C=O) groups is 2. The van der Waals surface area contributed by atoms with Gasteiger partial charge < -0.3 is 15.1 Å². The predicted molar refractivity (Wildman–Crippen MR) is 123 cm³/mol. The molecule has 0 atom stereocenters. The van der Waals surface area contributed by atoms with Crippen LogP contribution in [-0.2, 0) is 0 Å². The fourth-order valence-electron chi connectivity index (χ4n) is 3.46. The van der Waals surface area contributed by atoms with E-state index < -0.39 is 11.7 Å². The topological polar surface area (TPSA) is 65.5 Å². The van der Waals surface area contributed by atoms with Gasteiger partial charge in [-0.3, -0.25) is 9.59 Å². The number of hydrogen-bond donors (Lipinski definition) is 1. The summed E-state index contributed by atoms with van der Waals surface area (Å²) in [6.45, 7) is 2.24. The maximum Gasteiger partial charge on any atom is 0.258 e. The van der Waals surface area contributed by atoms with Crippen LogP contribution in [0.4, 0.5) is 15.9 Å². The molecule has 2 aromatic carbocycles. The lowest BCUT2D eigenvalue weighted by atomic mass is 10.1. The highest BCUT2D eigenvalue weighted by atomic mass is 35.5. The first kappa shape index (κ1) is 22.0. The molecule has 2 heterocycles. The van der Waals surface area contributed by atoms with E-state index in [0.717, 1.165) is 5.82 Å². The Labute approximate surface area is 194 Å². The number of nitrogens with one attached hydrogen (secondary N) is 1. The van der Waals surface area contributed by atoms with E-state index in [1.54, 1.807) is 41.3 Å². The standard InChI is InChI=1S/C23H19Cl2FN4O2/c24-15-5-7-17(19(25)13-15)23(32)30-11-9-29(10-12-30)21-8-6-16(14-27-21)28-22(31)18-3-1-2-4-20(18)26/h1-8,13-14H,9-12H2,(H,28,31). The zero-order valence-corrected chi connectivity index (χ0v) is 18.4. The Bertz CT molecular complexity index is 1150. The van der Waals surface area contributed by atoms with Crippen molar-refractivity contribution in [2.75, 3.05) is 36.4 Å². The van der Waals surface area contributed by atoms with Crippen LogP contribution in [0.2, 0.25) is 10.0 Å². The Morgan fingerprint density at radius 3 is 2.34 bits per heavy atom. The predicted octanol–water partition coefficient (Wildman–Crippen LogP) is 4.74. The second kappa shape index (κ2) is 9.54. The van der Waals surface area contributed by atoms with E-state index in [9.17, 15) is 14.0 Å². The van der Waals surface area contributed by atoms with E-state index >= 15 is 0 Å². The summed E-state index contributed by atoms with van der Waals surface area (Å²) >= 11 is 12.1. The number of halogens is 3. The van der Waals surface area contributed by atoms with Crippen molar-refractivity contribution in [1.29, 1.82) is 0 Å². The first-order chi connectivity index (χ1) is 15.4. The number of nitrogens with zero attached hydrogens (tertiary/aromatic N) is 3. The molecule has 0 radical (unpaired) electrons. The van der Waals surface area contributed by atoms with Crippen LogP contribution in [-0.4, -0.2) is 47.9 Å². The van der Waals surface area contributed by atoms with Gasteiger partial charge in [-0.2, -0.15) is 0 Å². The van der Waals surface area contributed by atoms with Crippen molar-refractivity contribution >= 4 is 46.5 Å². The molecule has 0 spiro atoms. The second-order valence-corrected chi connectivity index (χ2v) is 8.09. The van der Waals surface area contributed by atoms with Crippen LogP contribution in [0.5, 0.6) is 0 Å². The average Bonchev–Trinajstić information content (AvgIpc) is 2.79. The molecule has 0 aliphatic carbocycles. The highest BCUT2D eigenvalue weighted by molar-refractivity contribution is 6.36. The largest absolute Gasteiger partial charge is 0.353 e. The molecular weight excluding hydrogens is 454 g/mol. The molecule has 3 aromatic rings. The van der Waals surface area contributed by atoms with Crippen molar-refractivity contribution in [3.63, 3.8) is 0 Å². The first-order valence-corrected chi connectivity index (χ1v) is 10.7. The fraction of sp³-hybridized carbons (Fsp3) is 0.174. The Balaban J connectivity index is 1.35. The zero-order chi connectivity index (χ0) is 22.7. The molecule has 9 heteroatoms. The quantitative estimate of drug-likeness (QED) is 0.595. The molecule has 32 heavy (non-hydrogen) atoms.